The molecule has 0 aromatic heterocycles. The van der Waals surface area contributed by atoms with E-state index in [0.717, 1.165) is 5.56 Å². The molecule has 1 amide bonds. The molecule has 7 nitrogen and oxygen atoms in total. The normalized spacial score (nSPS) is 18.4. The molecule has 3 rings (SSSR count). The molecule has 1 aromatic rings. The number of sulfonamides is 1. The molecule has 0 bridgehead atoms. The van der Waals surface area contributed by atoms with E-state index in [-0.39, 0.29) is 23.1 Å². The third-order valence-electron chi connectivity index (χ3n) is 3.78. The number of nitrogens with two attached hydrogens (primary N) is 1. The minimum Gasteiger partial charge on any atom is -0.399 e. The van der Waals surface area contributed by atoms with Gasteiger partial charge in [0.1, 0.15) is 0 Å². The van der Waals surface area contributed by atoms with Crippen LogP contribution in [0, 0.1) is 0 Å². The lowest BCUT2D eigenvalue weighted by molar-refractivity contribution is -0.117. The number of nitrogens with zero attached hydrogens (tertiary/aromatic N) is 2. The highest BCUT2D eigenvalue weighted by Crippen LogP contribution is 2.17. The van der Waals surface area contributed by atoms with Crippen LogP contribution < -0.4 is 11.1 Å². The van der Waals surface area contributed by atoms with E-state index < -0.39 is 10.0 Å². The number of nitrogen functional groups attached to an aromatic ring is 1. The average molecular weight is 346 g/mol. The van der Waals surface area contributed by atoms with Crippen molar-refractivity contribution in [2.45, 2.75) is 6.42 Å². The molecule has 0 fully saturated rings. The second-order valence-electron chi connectivity index (χ2n) is 5.56. The number of hydrogen-bond acceptors (Lipinski definition) is 5. The second-order valence-corrected chi connectivity index (χ2v) is 7.32. The molecule has 2 aliphatic rings. The highest BCUT2D eigenvalue weighted by molar-refractivity contribution is 7.90. The number of rotatable bonds is 4. The summed E-state index contributed by atoms with van der Waals surface area (Å²) in [6.45, 7) is 0.734. The Morgan fingerprint density at radius 1 is 1.29 bits per heavy atom. The third kappa shape index (κ3) is 3.65. The molecule has 1 aromatic carbocycles. The van der Waals surface area contributed by atoms with Crippen molar-refractivity contribution in [3.05, 3.63) is 53.8 Å². The monoisotopic (exact) mass is 346 g/mol. The summed E-state index contributed by atoms with van der Waals surface area (Å²) in [6, 6.07) is 7.43. The van der Waals surface area contributed by atoms with E-state index in [1.165, 1.54) is 0 Å². The van der Waals surface area contributed by atoms with Crippen molar-refractivity contribution in [1.29, 1.82) is 0 Å². The number of hydrogen-bond donors (Lipinski definition) is 2. The van der Waals surface area contributed by atoms with Crippen LogP contribution in [0.5, 0.6) is 0 Å². The van der Waals surface area contributed by atoms with Crippen molar-refractivity contribution in [1.82, 2.24) is 10.2 Å². The maximum atomic E-state index is 12.4. The average Bonchev–Trinajstić information content (AvgIpc) is 2.55. The highest BCUT2D eigenvalue weighted by atomic mass is 32.2. The van der Waals surface area contributed by atoms with Gasteiger partial charge in [-0.15, -0.1) is 4.40 Å². The van der Waals surface area contributed by atoms with Crippen LogP contribution >= 0.6 is 0 Å². The lowest BCUT2D eigenvalue weighted by Crippen LogP contribution is -2.42. The second kappa shape index (κ2) is 6.48. The molecule has 0 spiro atoms. The summed E-state index contributed by atoms with van der Waals surface area (Å²) in [4.78, 5) is 14.0. The third-order valence-corrected chi connectivity index (χ3v) is 4.93. The van der Waals surface area contributed by atoms with Gasteiger partial charge >= 0.3 is 0 Å². The quantitative estimate of drug-likeness (QED) is 0.769. The highest BCUT2D eigenvalue weighted by Gasteiger charge is 2.29. The predicted molar refractivity (Wildman–Crippen MR) is 92.7 cm³/mol. The van der Waals surface area contributed by atoms with Crippen LogP contribution in [-0.4, -0.2) is 43.9 Å². The van der Waals surface area contributed by atoms with Crippen LogP contribution in [0.2, 0.25) is 0 Å². The molecule has 0 radical (unpaired) electrons. The Labute approximate surface area is 140 Å². The maximum absolute atomic E-state index is 12.4. The SMILES string of the molecule is Nc1ccc(CCNC(=O)C2=CC=CN3CCS(=O)(=O)N=C23)cc1. The predicted octanol–water partition coefficient (Wildman–Crippen LogP) is 0.425. The summed E-state index contributed by atoms with van der Waals surface area (Å²) in [6.07, 6.45) is 5.67. The minimum absolute atomic E-state index is 0.0487. The number of allylic oxidation sites excluding steroid dienone is 2. The van der Waals surface area contributed by atoms with Crippen molar-refractivity contribution >= 4 is 27.5 Å². The van der Waals surface area contributed by atoms with E-state index >= 15 is 0 Å². The Balaban J connectivity index is 1.66. The minimum atomic E-state index is -3.51. The zero-order valence-corrected chi connectivity index (χ0v) is 13.8. The number of fused-ring (bicyclic) bond motifs is 1. The zero-order chi connectivity index (χ0) is 17.2. The van der Waals surface area contributed by atoms with Crippen LogP contribution in [0.4, 0.5) is 5.69 Å². The molecule has 0 aliphatic carbocycles. The molecule has 3 N–H and O–H groups in total. The molecule has 0 saturated heterocycles. The first kappa shape index (κ1) is 16.3. The van der Waals surface area contributed by atoms with Crippen LogP contribution in [0.15, 0.2) is 52.6 Å². The summed E-state index contributed by atoms with van der Waals surface area (Å²) in [5.74, 6) is -0.197. The number of carbonyl (C=O) groups is 1. The van der Waals surface area contributed by atoms with Crippen molar-refractivity contribution in [2.75, 3.05) is 24.6 Å². The summed E-state index contributed by atoms with van der Waals surface area (Å²) in [5, 5.41) is 2.80. The molecule has 2 heterocycles. The summed E-state index contributed by atoms with van der Waals surface area (Å²) < 4.78 is 27.1. The Bertz CT molecular complexity index is 839. The van der Waals surface area contributed by atoms with E-state index in [0.29, 0.717) is 25.2 Å². The first-order valence-electron chi connectivity index (χ1n) is 7.55. The van der Waals surface area contributed by atoms with Gasteiger partial charge in [-0.3, -0.25) is 4.79 Å². The molecular weight excluding hydrogens is 328 g/mol. The summed E-state index contributed by atoms with van der Waals surface area (Å²) >= 11 is 0. The van der Waals surface area contributed by atoms with Gasteiger partial charge in [0.25, 0.3) is 15.9 Å². The van der Waals surface area contributed by atoms with Crippen LogP contribution in [-0.2, 0) is 21.2 Å². The van der Waals surface area contributed by atoms with Gasteiger partial charge in [0.15, 0.2) is 5.84 Å². The zero-order valence-electron chi connectivity index (χ0n) is 13.0. The van der Waals surface area contributed by atoms with E-state index in [2.05, 4.69) is 9.71 Å². The first-order chi connectivity index (χ1) is 11.4. The van der Waals surface area contributed by atoms with Crippen LogP contribution in [0.1, 0.15) is 5.56 Å². The fourth-order valence-electron chi connectivity index (χ4n) is 2.49. The van der Waals surface area contributed by atoms with Gasteiger partial charge in [-0.2, -0.15) is 0 Å². The lowest BCUT2D eigenvalue weighted by Gasteiger charge is -2.28. The molecular formula is C16H18N4O3S. The van der Waals surface area contributed by atoms with Crippen molar-refractivity contribution in [2.24, 2.45) is 4.40 Å². The number of anilines is 1. The van der Waals surface area contributed by atoms with Crippen molar-refractivity contribution < 1.29 is 13.2 Å². The molecule has 0 saturated carbocycles. The number of nitrogens with one attached hydrogen (secondary N) is 1. The van der Waals surface area contributed by atoms with Gasteiger partial charge in [-0.1, -0.05) is 12.1 Å². The number of benzene rings is 1. The van der Waals surface area contributed by atoms with Gasteiger partial charge in [-0.25, -0.2) is 8.42 Å². The van der Waals surface area contributed by atoms with Gasteiger partial charge < -0.3 is 16.0 Å². The van der Waals surface area contributed by atoms with Crippen LogP contribution in [0.25, 0.3) is 0 Å². The Morgan fingerprint density at radius 2 is 2.04 bits per heavy atom. The van der Waals surface area contributed by atoms with Crippen LogP contribution in [0.3, 0.4) is 0 Å². The van der Waals surface area contributed by atoms with Gasteiger partial charge in [-0.05, 0) is 36.3 Å². The van der Waals surface area contributed by atoms with Gasteiger partial charge in [0, 0.05) is 25.0 Å². The standard InChI is InChI=1S/C16H18N4O3S/c17-13-5-3-12(4-6-13)7-8-18-16(21)14-2-1-9-20-10-11-24(22,23)19-15(14)20/h1-6,9H,7-8,10-11,17H2,(H,18,21). The smallest absolute Gasteiger partial charge is 0.256 e. The van der Waals surface area contributed by atoms with Gasteiger partial charge in [0.2, 0.25) is 0 Å². The largest absolute Gasteiger partial charge is 0.399 e. The van der Waals surface area contributed by atoms with E-state index in [4.69, 9.17) is 5.73 Å². The fourth-order valence-corrected chi connectivity index (χ4v) is 3.48. The molecule has 126 valence electrons. The number of carbonyl (C=O) groups excluding carboxylic acids is 1. The van der Waals surface area contributed by atoms with Crippen molar-refractivity contribution in [3.63, 3.8) is 0 Å². The molecule has 0 unspecified atom stereocenters. The van der Waals surface area contributed by atoms with E-state index in [9.17, 15) is 13.2 Å². The number of amides is 1. The Hall–Kier alpha value is -2.61. The molecule has 0 atom stereocenters. The van der Waals surface area contributed by atoms with E-state index in [1.807, 2.05) is 24.3 Å². The van der Waals surface area contributed by atoms with Crippen molar-refractivity contribution in [3.8, 4) is 0 Å². The molecule has 8 heteroatoms. The molecule has 24 heavy (non-hydrogen) atoms. The summed E-state index contributed by atoms with van der Waals surface area (Å²) in [7, 11) is -3.51. The first-order valence-corrected chi connectivity index (χ1v) is 9.16. The Morgan fingerprint density at radius 3 is 2.79 bits per heavy atom. The fraction of sp³-hybridized carbons (Fsp3) is 0.250. The van der Waals surface area contributed by atoms with E-state index in [1.54, 1.807) is 23.3 Å². The Kier molecular flexibility index (Phi) is 4.39. The van der Waals surface area contributed by atoms with Gasteiger partial charge in [0.05, 0.1) is 11.3 Å². The molecule has 2 aliphatic heterocycles. The summed E-state index contributed by atoms with van der Waals surface area (Å²) in [5.41, 5.74) is 7.65. The topological polar surface area (TPSA) is 105 Å². The lowest BCUT2D eigenvalue weighted by atomic mass is 10.1. The number of amidine groups is 1. The maximum Gasteiger partial charge on any atom is 0.256 e.